The molecule has 0 N–H and O–H groups in total. The highest BCUT2D eigenvalue weighted by atomic mass is 16.5. The van der Waals surface area contributed by atoms with Crippen molar-refractivity contribution < 1.29 is 14.1 Å². The van der Waals surface area contributed by atoms with Gasteiger partial charge in [-0.2, -0.15) is 4.98 Å². The quantitative estimate of drug-likeness (QED) is 0.843. The molecule has 0 saturated carbocycles. The summed E-state index contributed by atoms with van der Waals surface area (Å²) < 4.78 is 10.9. The van der Waals surface area contributed by atoms with Crippen LogP contribution in [0, 0.1) is 13.8 Å². The van der Waals surface area contributed by atoms with Crippen LogP contribution in [-0.4, -0.2) is 46.7 Å². The second kappa shape index (κ2) is 7.57. The Morgan fingerprint density at radius 3 is 3.04 bits per heavy atom. The van der Waals surface area contributed by atoms with E-state index in [-0.39, 0.29) is 12.0 Å². The van der Waals surface area contributed by atoms with Gasteiger partial charge in [0.25, 0.3) is 5.91 Å². The summed E-state index contributed by atoms with van der Waals surface area (Å²) in [5, 5.41) is 3.86. The number of piperidine rings is 1. The lowest BCUT2D eigenvalue weighted by Gasteiger charge is -2.32. The maximum absolute atomic E-state index is 12.6. The maximum atomic E-state index is 12.6. The molecule has 1 aromatic carbocycles. The molecule has 0 bridgehead atoms. The highest BCUT2D eigenvalue weighted by Crippen LogP contribution is 2.17. The summed E-state index contributed by atoms with van der Waals surface area (Å²) in [7, 11) is 0. The van der Waals surface area contributed by atoms with Crippen LogP contribution in [0.5, 0.6) is 0 Å². The molecular weight excluding hydrogens is 306 g/mol. The molecule has 1 atom stereocenters. The van der Waals surface area contributed by atoms with Gasteiger partial charge in [0, 0.05) is 32.0 Å². The van der Waals surface area contributed by atoms with Crippen LogP contribution in [-0.2, 0) is 11.2 Å². The van der Waals surface area contributed by atoms with Crippen molar-refractivity contribution >= 4 is 5.91 Å². The number of aromatic nitrogens is 2. The number of aryl methyl sites for hydroxylation is 2. The lowest BCUT2D eigenvalue weighted by Crippen LogP contribution is -2.43. The lowest BCUT2D eigenvalue weighted by atomic mass is 10.1. The van der Waals surface area contributed by atoms with E-state index in [1.165, 1.54) is 0 Å². The standard InChI is InChI=1S/C18H23N3O3/c1-13-5-3-6-15(11-13)18(22)21-9-4-7-16(12-21)23-10-8-17-19-14(2)24-20-17/h3,5-6,11,16H,4,7-10,12H2,1-2H3. The Morgan fingerprint density at radius 2 is 2.29 bits per heavy atom. The van der Waals surface area contributed by atoms with Crippen molar-refractivity contribution in [1.29, 1.82) is 0 Å². The molecule has 1 fully saturated rings. The summed E-state index contributed by atoms with van der Waals surface area (Å²) >= 11 is 0. The number of ether oxygens (including phenoxy) is 1. The first-order valence-corrected chi connectivity index (χ1v) is 8.38. The predicted molar refractivity (Wildman–Crippen MR) is 88.8 cm³/mol. The Bertz CT molecular complexity index is 698. The van der Waals surface area contributed by atoms with E-state index >= 15 is 0 Å². The number of rotatable bonds is 5. The number of hydrogen-bond acceptors (Lipinski definition) is 5. The zero-order chi connectivity index (χ0) is 16.9. The fourth-order valence-corrected chi connectivity index (χ4v) is 2.98. The summed E-state index contributed by atoms with van der Waals surface area (Å²) in [6.07, 6.45) is 2.63. The number of carbonyl (C=O) groups is 1. The van der Waals surface area contributed by atoms with Crippen molar-refractivity contribution in [2.75, 3.05) is 19.7 Å². The third-order valence-electron chi connectivity index (χ3n) is 4.18. The number of benzene rings is 1. The predicted octanol–water partition coefficient (Wildman–Crippen LogP) is 2.55. The van der Waals surface area contributed by atoms with E-state index in [1.807, 2.05) is 36.1 Å². The second-order valence-electron chi connectivity index (χ2n) is 6.24. The molecule has 1 aliphatic rings. The fraction of sp³-hybridized carbons (Fsp3) is 0.500. The smallest absolute Gasteiger partial charge is 0.253 e. The van der Waals surface area contributed by atoms with Gasteiger partial charge in [0.2, 0.25) is 5.89 Å². The van der Waals surface area contributed by atoms with E-state index in [9.17, 15) is 4.79 Å². The Morgan fingerprint density at radius 1 is 1.42 bits per heavy atom. The third-order valence-corrected chi connectivity index (χ3v) is 4.18. The van der Waals surface area contributed by atoms with Gasteiger partial charge in [0.05, 0.1) is 12.7 Å². The van der Waals surface area contributed by atoms with Crippen molar-refractivity contribution in [3.63, 3.8) is 0 Å². The maximum Gasteiger partial charge on any atom is 0.253 e. The number of amides is 1. The van der Waals surface area contributed by atoms with Crippen molar-refractivity contribution in [2.24, 2.45) is 0 Å². The van der Waals surface area contributed by atoms with Crippen LogP contribution in [0.3, 0.4) is 0 Å². The minimum atomic E-state index is 0.0699. The number of hydrogen-bond donors (Lipinski definition) is 0. The van der Waals surface area contributed by atoms with Crippen LogP contribution in [0.4, 0.5) is 0 Å². The van der Waals surface area contributed by atoms with Gasteiger partial charge in [-0.05, 0) is 31.9 Å². The monoisotopic (exact) mass is 329 g/mol. The van der Waals surface area contributed by atoms with E-state index in [0.717, 1.165) is 30.5 Å². The second-order valence-corrected chi connectivity index (χ2v) is 6.24. The molecule has 1 aliphatic heterocycles. The van der Waals surface area contributed by atoms with Gasteiger partial charge in [-0.15, -0.1) is 0 Å². The summed E-state index contributed by atoms with van der Waals surface area (Å²) in [6.45, 7) is 5.73. The van der Waals surface area contributed by atoms with Gasteiger partial charge in [0.1, 0.15) is 0 Å². The average Bonchev–Trinajstić information content (AvgIpc) is 3.00. The summed E-state index contributed by atoms with van der Waals surface area (Å²) in [4.78, 5) is 18.7. The van der Waals surface area contributed by atoms with Crippen LogP contribution in [0.1, 0.15) is 40.5 Å². The summed E-state index contributed by atoms with van der Waals surface area (Å²) in [5.74, 6) is 1.31. The molecule has 3 rings (SSSR count). The highest BCUT2D eigenvalue weighted by Gasteiger charge is 2.25. The zero-order valence-electron chi connectivity index (χ0n) is 14.2. The Balaban J connectivity index is 1.51. The number of nitrogens with zero attached hydrogens (tertiary/aromatic N) is 3. The molecular formula is C18H23N3O3. The fourth-order valence-electron chi connectivity index (χ4n) is 2.98. The minimum Gasteiger partial charge on any atom is -0.376 e. The van der Waals surface area contributed by atoms with Gasteiger partial charge in [0.15, 0.2) is 5.82 Å². The lowest BCUT2D eigenvalue weighted by molar-refractivity contribution is 0.00251. The molecule has 24 heavy (non-hydrogen) atoms. The van der Waals surface area contributed by atoms with Gasteiger partial charge in [-0.1, -0.05) is 22.9 Å². The van der Waals surface area contributed by atoms with Crippen LogP contribution < -0.4 is 0 Å². The van der Waals surface area contributed by atoms with Gasteiger partial charge in [-0.3, -0.25) is 4.79 Å². The molecule has 1 amide bonds. The van der Waals surface area contributed by atoms with E-state index < -0.39 is 0 Å². The van der Waals surface area contributed by atoms with E-state index in [0.29, 0.717) is 31.3 Å². The molecule has 0 spiro atoms. The number of likely N-dealkylation sites (tertiary alicyclic amines) is 1. The van der Waals surface area contributed by atoms with Crippen LogP contribution >= 0.6 is 0 Å². The van der Waals surface area contributed by atoms with Gasteiger partial charge < -0.3 is 14.2 Å². The summed E-state index contributed by atoms with van der Waals surface area (Å²) in [6, 6.07) is 7.73. The molecule has 1 saturated heterocycles. The van der Waals surface area contributed by atoms with E-state index in [4.69, 9.17) is 9.26 Å². The molecule has 0 radical (unpaired) electrons. The average molecular weight is 329 g/mol. The van der Waals surface area contributed by atoms with Crippen molar-refractivity contribution in [1.82, 2.24) is 15.0 Å². The van der Waals surface area contributed by atoms with Crippen LogP contribution in [0.2, 0.25) is 0 Å². The molecule has 1 unspecified atom stereocenters. The molecule has 128 valence electrons. The molecule has 6 heteroatoms. The summed E-state index contributed by atoms with van der Waals surface area (Å²) in [5.41, 5.74) is 1.85. The van der Waals surface area contributed by atoms with Gasteiger partial charge in [-0.25, -0.2) is 0 Å². The Kier molecular flexibility index (Phi) is 5.25. The van der Waals surface area contributed by atoms with Crippen LogP contribution in [0.15, 0.2) is 28.8 Å². The molecule has 1 aromatic heterocycles. The third kappa shape index (κ3) is 4.20. The highest BCUT2D eigenvalue weighted by molar-refractivity contribution is 5.94. The zero-order valence-corrected chi connectivity index (χ0v) is 14.2. The van der Waals surface area contributed by atoms with Crippen molar-refractivity contribution in [2.45, 2.75) is 39.2 Å². The first-order valence-electron chi connectivity index (χ1n) is 8.38. The topological polar surface area (TPSA) is 68.5 Å². The van der Waals surface area contributed by atoms with E-state index in [2.05, 4.69) is 10.1 Å². The Hall–Kier alpha value is -2.21. The SMILES string of the molecule is Cc1cccc(C(=O)N2CCCC(OCCc3noc(C)n3)C2)c1. The molecule has 6 nitrogen and oxygen atoms in total. The van der Waals surface area contributed by atoms with Crippen molar-refractivity contribution in [3.05, 3.63) is 47.1 Å². The van der Waals surface area contributed by atoms with Crippen molar-refractivity contribution in [3.8, 4) is 0 Å². The first kappa shape index (κ1) is 16.6. The normalized spacial score (nSPS) is 17.9. The first-order chi connectivity index (χ1) is 11.6. The van der Waals surface area contributed by atoms with Gasteiger partial charge >= 0.3 is 0 Å². The number of carbonyl (C=O) groups excluding carboxylic acids is 1. The van der Waals surface area contributed by atoms with E-state index in [1.54, 1.807) is 6.92 Å². The minimum absolute atomic E-state index is 0.0699. The largest absolute Gasteiger partial charge is 0.376 e. The molecule has 2 heterocycles. The molecule has 0 aliphatic carbocycles. The molecule has 2 aromatic rings. The Labute approximate surface area is 141 Å². The van der Waals surface area contributed by atoms with Crippen LogP contribution in [0.25, 0.3) is 0 Å².